The van der Waals surface area contributed by atoms with Crippen LogP contribution < -0.4 is 16.0 Å². The Morgan fingerprint density at radius 1 is 1.33 bits per heavy atom. The predicted molar refractivity (Wildman–Crippen MR) is 89.1 cm³/mol. The molecule has 0 aliphatic carbocycles. The summed E-state index contributed by atoms with van der Waals surface area (Å²) in [4.78, 5) is 26.1. The molecule has 0 spiro atoms. The van der Waals surface area contributed by atoms with Crippen LogP contribution in [-0.4, -0.2) is 49.6 Å². The van der Waals surface area contributed by atoms with E-state index in [2.05, 4.69) is 16.0 Å². The topological polar surface area (TPSA) is 73.5 Å². The van der Waals surface area contributed by atoms with E-state index in [0.29, 0.717) is 18.8 Å². The van der Waals surface area contributed by atoms with Crippen molar-refractivity contribution >= 4 is 17.6 Å². The third-order valence-electron chi connectivity index (χ3n) is 4.60. The summed E-state index contributed by atoms with van der Waals surface area (Å²) in [6, 6.07) is 5.43. The molecule has 2 fully saturated rings. The number of amides is 3. The van der Waals surface area contributed by atoms with Crippen LogP contribution in [0.2, 0.25) is 0 Å². The minimum atomic E-state index is -0.389. The number of hydrogen-bond acceptors (Lipinski definition) is 3. The maximum atomic E-state index is 13.1. The van der Waals surface area contributed by atoms with Crippen LogP contribution in [0, 0.1) is 17.7 Å². The first-order valence-corrected chi connectivity index (χ1v) is 8.42. The second-order valence-electron chi connectivity index (χ2n) is 6.49. The summed E-state index contributed by atoms with van der Waals surface area (Å²) in [6.07, 6.45) is 1.96. The van der Waals surface area contributed by atoms with Crippen LogP contribution in [0.25, 0.3) is 0 Å². The first-order chi connectivity index (χ1) is 11.6. The molecular formula is C17H23FN4O2. The molecular weight excluding hydrogens is 311 g/mol. The maximum absolute atomic E-state index is 13.1. The Hall–Kier alpha value is -2.15. The lowest BCUT2D eigenvalue weighted by molar-refractivity contribution is -0.138. The smallest absolute Gasteiger partial charge is 0.319 e. The largest absolute Gasteiger partial charge is 0.342 e. The second kappa shape index (κ2) is 7.61. The first-order valence-electron chi connectivity index (χ1n) is 8.42. The van der Waals surface area contributed by atoms with Crippen LogP contribution in [0.5, 0.6) is 0 Å². The molecule has 6 nitrogen and oxygen atoms in total. The molecule has 0 aromatic heterocycles. The standard InChI is InChI=1S/C17H23FN4O2/c18-14-4-1-5-15(7-14)21-17(24)20-8-12-3-2-6-22(11-12)16(23)13-9-19-10-13/h1,4-5,7,12-13,19H,2-3,6,8-11H2,(H2,20,21,24). The quantitative estimate of drug-likeness (QED) is 0.779. The van der Waals surface area contributed by atoms with Gasteiger partial charge in [0.15, 0.2) is 0 Å². The minimum absolute atomic E-state index is 0.119. The van der Waals surface area contributed by atoms with Gasteiger partial charge >= 0.3 is 6.03 Å². The Bertz CT molecular complexity index is 606. The summed E-state index contributed by atoms with van der Waals surface area (Å²) in [5.41, 5.74) is 0.422. The molecule has 3 rings (SSSR count). The van der Waals surface area contributed by atoms with E-state index < -0.39 is 0 Å². The lowest BCUT2D eigenvalue weighted by Gasteiger charge is -2.37. The van der Waals surface area contributed by atoms with Crippen molar-refractivity contribution in [1.29, 1.82) is 0 Å². The molecule has 0 radical (unpaired) electrons. The Morgan fingerprint density at radius 3 is 2.88 bits per heavy atom. The molecule has 3 amide bonds. The van der Waals surface area contributed by atoms with Gasteiger partial charge in [-0.25, -0.2) is 9.18 Å². The van der Waals surface area contributed by atoms with Crippen LogP contribution in [0.3, 0.4) is 0 Å². The number of benzene rings is 1. The zero-order chi connectivity index (χ0) is 16.9. The number of rotatable bonds is 4. The van der Waals surface area contributed by atoms with Crippen molar-refractivity contribution in [3.63, 3.8) is 0 Å². The summed E-state index contributed by atoms with van der Waals surface area (Å²) in [5.74, 6) is 0.212. The zero-order valence-electron chi connectivity index (χ0n) is 13.6. The number of carbonyl (C=O) groups is 2. The van der Waals surface area contributed by atoms with Crippen LogP contribution in [0.4, 0.5) is 14.9 Å². The van der Waals surface area contributed by atoms with Gasteiger partial charge in [-0.2, -0.15) is 0 Å². The van der Waals surface area contributed by atoms with Gasteiger partial charge in [0.1, 0.15) is 5.82 Å². The van der Waals surface area contributed by atoms with E-state index in [4.69, 9.17) is 0 Å². The van der Waals surface area contributed by atoms with E-state index in [-0.39, 0.29) is 29.6 Å². The van der Waals surface area contributed by atoms with E-state index in [1.165, 1.54) is 12.1 Å². The molecule has 2 aliphatic rings. The fraction of sp³-hybridized carbons (Fsp3) is 0.529. The number of nitrogens with one attached hydrogen (secondary N) is 3. The maximum Gasteiger partial charge on any atom is 0.319 e. The molecule has 2 aliphatic heterocycles. The third kappa shape index (κ3) is 4.23. The Balaban J connectivity index is 1.43. The highest BCUT2D eigenvalue weighted by atomic mass is 19.1. The van der Waals surface area contributed by atoms with Crippen molar-refractivity contribution in [3.8, 4) is 0 Å². The Labute approximate surface area is 140 Å². The lowest BCUT2D eigenvalue weighted by Crippen LogP contribution is -2.54. The van der Waals surface area contributed by atoms with Gasteiger partial charge in [-0.1, -0.05) is 6.07 Å². The molecule has 130 valence electrons. The second-order valence-corrected chi connectivity index (χ2v) is 6.49. The average Bonchev–Trinajstić information content (AvgIpc) is 2.51. The average molecular weight is 334 g/mol. The van der Waals surface area contributed by atoms with E-state index in [0.717, 1.165) is 32.5 Å². The Morgan fingerprint density at radius 2 is 2.17 bits per heavy atom. The van der Waals surface area contributed by atoms with Crippen molar-refractivity contribution in [1.82, 2.24) is 15.5 Å². The van der Waals surface area contributed by atoms with Crippen LogP contribution >= 0.6 is 0 Å². The van der Waals surface area contributed by atoms with Crippen molar-refractivity contribution in [3.05, 3.63) is 30.1 Å². The molecule has 3 N–H and O–H groups in total. The fourth-order valence-corrected chi connectivity index (χ4v) is 3.13. The molecule has 1 unspecified atom stereocenters. The van der Waals surface area contributed by atoms with Gasteiger partial charge in [-0.15, -0.1) is 0 Å². The van der Waals surface area contributed by atoms with Crippen molar-refractivity contribution in [2.24, 2.45) is 11.8 Å². The third-order valence-corrected chi connectivity index (χ3v) is 4.60. The van der Waals surface area contributed by atoms with Gasteiger partial charge in [0.2, 0.25) is 5.91 Å². The SMILES string of the molecule is O=C(NCC1CCCN(C(=O)C2CNC2)C1)Nc1cccc(F)c1. The van der Waals surface area contributed by atoms with Gasteiger partial charge in [0, 0.05) is 38.4 Å². The van der Waals surface area contributed by atoms with Gasteiger partial charge in [0.25, 0.3) is 0 Å². The van der Waals surface area contributed by atoms with Gasteiger partial charge < -0.3 is 20.9 Å². The molecule has 1 aromatic rings. The molecule has 2 heterocycles. The van der Waals surface area contributed by atoms with E-state index in [1.807, 2.05) is 4.90 Å². The minimum Gasteiger partial charge on any atom is -0.342 e. The highest BCUT2D eigenvalue weighted by molar-refractivity contribution is 5.89. The molecule has 2 saturated heterocycles. The summed E-state index contributed by atoms with van der Waals surface area (Å²) in [5, 5.41) is 8.55. The summed E-state index contributed by atoms with van der Waals surface area (Å²) in [6.45, 7) is 3.55. The number of nitrogens with zero attached hydrogens (tertiary/aromatic N) is 1. The zero-order valence-corrected chi connectivity index (χ0v) is 13.6. The number of carbonyl (C=O) groups excluding carboxylic acids is 2. The molecule has 0 bridgehead atoms. The fourth-order valence-electron chi connectivity index (χ4n) is 3.13. The van der Waals surface area contributed by atoms with Crippen LogP contribution in [0.15, 0.2) is 24.3 Å². The summed E-state index contributed by atoms with van der Waals surface area (Å²) >= 11 is 0. The summed E-state index contributed by atoms with van der Waals surface area (Å²) < 4.78 is 13.1. The van der Waals surface area contributed by atoms with Crippen LogP contribution in [0.1, 0.15) is 12.8 Å². The predicted octanol–water partition coefficient (Wildman–Crippen LogP) is 1.41. The summed E-state index contributed by atoms with van der Waals surface area (Å²) in [7, 11) is 0. The molecule has 1 atom stereocenters. The van der Waals surface area contributed by atoms with Crippen molar-refractivity contribution in [2.75, 3.05) is 38.0 Å². The molecule has 24 heavy (non-hydrogen) atoms. The van der Waals surface area contributed by atoms with E-state index in [9.17, 15) is 14.0 Å². The number of piperidine rings is 1. The van der Waals surface area contributed by atoms with Gasteiger partial charge in [0.05, 0.1) is 5.92 Å². The first kappa shape index (κ1) is 16.7. The van der Waals surface area contributed by atoms with Gasteiger partial charge in [-0.3, -0.25) is 4.79 Å². The molecule has 1 aromatic carbocycles. The molecule has 7 heteroatoms. The highest BCUT2D eigenvalue weighted by Crippen LogP contribution is 2.19. The van der Waals surface area contributed by atoms with Crippen molar-refractivity contribution in [2.45, 2.75) is 12.8 Å². The normalized spacial score (nSPS) is 21.0. The Kier molecular flexibility index (Phi) is 5.30. The van der Waals surface area contributed by atoms with E-state index in [1.54, 1.807) is 12.1 Å². The van der Waals surface area contributed by atoms with E-state index >= 15 is 0 Å². The molecule has 0 saturated carbocycles. The number of urea groups is 1. The highest BCUT2D eigenvalue weighted by Gasteiger charge is 2.32. The lowest BCUT2D eigenvalue weighted by atomic mass is 9.95. The van der Waals surface area contributed by atoms with Crippen molar-refractivity contribution < 1.29 is 14.0 Å². The monoisotopic (exact) mass is 334 g/mol. The number of hydrogen-bond donors (Lipinski definition) is 3. The van der Waals surface area contributed by atoms with Crippen LogP contribution in [-0.2, 0) is 4.79 Å². The number of likely N-dealkylation sites (tertiary alicyclic amines) is 1. The number of anilines is 1. The van der Waals surface area contributed by atoms with Gasteiger partial charge in [-0.05, 0) is 37.0 Å². The number of halogens is 1.